The molecule has 0 radical (unpaired) electrons. The Morgan fingerprint density at radius 1 is 1.00 bits per heavy atom. The Kier molecular flexibility index (Phi) is 5.49. The Morgan fingerprint density at radius 2 is 1.70 bits per heavy atom. The number of thiazole rings is 1. The van der Waals surface area contributed by atoms with Gasteiger partial charge < -0.3 is 14.2 Å². The van der Waals surface area contributed by atoms with Crippen molar-refractivity contribution in [2.45, 2.75) is 0 Å². The van der Waals surface area contributed by atoms with E-state index in [-0.39, 0.29) is 5.56 Å². The maximum absolute atomic E-state index is 12.7. The zero-order valence-corrected chi connectivity index (χ0v) is 17.5. The summed E-state index contributed by atoms with van der Waals surface area (Å²) in [7, 11) is 4.63. The van der Waals surface area contributed by atoms with Crippen LogP contribution in [0.1, 0.15) is 5.56 Å². The van der Waals surface area contributed by atoms with Crippen LogP contribution in [0.4, 0.5) is 0 Å². The third kappa shape index (κ3) is 3.65. The molecule has 8 heteroatoms. The first kappa shape index (κ1) is 19.7. The summed E-state index contributed by atoms with van der Waals surface area (Å²) in [6.45, 7) is 0. The standard InChI is InChI=1S/C22H19N3O4S/c1-27-16-12-15(13-17(28-2)19(16)29-3)20-23-22-25(24-20)21(26)18(30-22)11-7-10-14-8-5-4-6-9-14/h4-13H,1-3H3. The molecule has 0 spiro atoms. The van der Waals surface area contributed by atoms with Crippen molar-refractivity contribution in [1.29, 1.82) is 0 Å². The number of ether oxygens (including phenoxy) is 3. The number of allylic oxidation sites excluding steroid dienone is 1. The molecule has 4 rings (SSSR count). The lowest BCUT2D eigenvalue weighted by molar-refractivity contribution is 0.324. The zero-order chi connectivity index (χ0) is 21.1. The number of hydrogen-bond acceptors (Lipinski definition) is 7. The van der Waals surface area contributed by atoms with Crippen molar-refractivity contribution in [2.75, 3.05) is 21.3 Å². The third-order valence-corrected chi connectivity index (χ3v) is 5.42. The van der Waals surface area contributed by atoms with E-state index in [0.717, 1.165) is 5.56 Å². The van der Waals surface area contributed by atoms with E-state index in [1.807, 2.05) is 42.5 Å². The quantitative estimate of drug-likeness (QED) is 0.476. The number of benzene rings is 2. The summed E-state index contributed by atoms with van der Waals surface area (Å²) in [5, 5.41) is 4.38. The monoisotopic (exact) mass is 421 g/mol. The van der Waals surface area contributed by atoms with Crippen LogP contribution in [-0.2, 0) is 0 Å². The second-order valence-electron chi connectivity index (χ2n) is 6.25. The maximum atomic E-state index is 12.7. The van der Waals surface area contributed by atoms with Gasteiger partial charge in [0, 0.05) is 5.56 Å². The van der Waals surface area contributed by atoms with E-state index in [4.69, 9.17) is 14.2 Å². The lowest BCUT2D eigenvalue weighted by atomic mass is 10.1. The summed E-state index contributed by atoms with van der Waals surface area (Å²) < 4.78 is 18.0. The van der Waals surface area contributed by atoms with Gasteiger partial charge in [0.2, 0.25) is 10.7 Å². The van der Waals surface area contributed by atoms with E-state index in [2.05, 4.69) is 10.1 Å². The van der Waals surface area contributed by atoms with Gasteiger partial charge in [-0.3, -0.25) is 4.79 Å². The highest BCUT2D eigenvalue weighted by atomic mass is 32.1. The van der Waals surface area contributed by atoms with Crippen molar-refractivity contribution < 1.29 is 14.2 Å². The summed E-state index contributed by atoms with van der Waals surface area (Å²) in [5.74, 6) is 1.88. The fraction of sp³-hybridized carbons (Fsp3) is 0.136. The van der Waals surface area contributed by atoms with E-state index in [1.54, 1.807) is 39.5 Å². The van der Waals surface area contributed by atoms with Gasteiger partial charge in [-0.05, 0) is 23.8 Å². The van der Waals surface area contributed by atoms with Crippen molar-refractivity contribution in [2.24, 2.45) is 0 Å². The highest BCUT2D eigenvalue weighted by Gasteiger charge is 2.18. The van der Waals surface area contributed by atoms with E-state index in [0.29, 0.717) is 38.1 Å². The van der Waals surface area contributed by atoms with Crippen LogP contribution in [0.25, 0.3) is 28.5 Å². The molecule has 0 saturated heterocycles. The fourth-order valence-electron chi connectivity index (χ4n) is 2.99. The number of nitrogens with zero attached hydrogens (tertiary/aromatic N) is 3. The molecule has 7 nitrogen and oxygen atoms in total. The van der Waals surface area contributed by atoms with E-state index in [1.165, 1.54) is 15.9 Å². The number of rotatable bonds is 6. The highest BCUT2D eigenvalue weighted by molar-refractivity contribution is 7.15. The first-order chi connectivity index (χ1) is 14.6. The van der Waals surface area contributed by atoms with Gasteiger partial charge >= 0.3 is 0 Å². The highest BCUT2D eigenvalue weighted by Crippen LogP contribution is 2.40. The predicted octanol–water partition coefficient (Wildman–Crippen LogP) is 3.06. The van der Waals surface area contributed by atoms with Gasteiger partial charge in [0.05, 0.1) is 25.9 Å². The largest absolute Gasteiger partial charge is 0.493 e. The Balaban J connectivity index is 1.72. The van der Waals surface area contributed by atoms with Gasteiger partial charge in [0.1, 0.15) is 0 Å². The van der Waals surface area contributed by atoms with Crippen LogP contribution in [0.2, 0.25) is 0 Å². The first-order valence-electron chi connectivity index (χ1n) is 9.08. The molecule has 0 saturated carbocycles. The second-order valence-corrected chi connectivity index (χ2v) is 7.26. The van der Waals surface area contributed by atoms with Gasteiger partial charge in [0.25, 0.3) is 5.56 Å². The first-order valence-corrected chi connectivity index (χ1v) is 9.89. The van der Waals surface area contributed by atoms with Gasteiger partial charge in [-0.15, -0.1) is 5.10 Å². The summed E-state index contributed by atoms with van der Waals surface area (Å²) in [5.41, 5.74) is 1.51. The Labute approximate surface area is 176 Å². The maximum Gasteiger partial charge on any atom is 0.291 e. The molecule has 0 N–H and O–H groups in total. The number of methoxy groups -OCH3 is 3. The van der Waals surface area contributed by atoms with Crippen molar-refractivity contribution in [3.8, 4) is 28.6 Å². The average Bonchev–Trinajstić information content (AvgIpc) is 3.33. The molecule has 0 unspecified atom stereocenters. The van der Waals surface area contributed by atoms with Gasteiger partial charge in [0.15, 0.2) is 17.3 Å². The van der Waals surface area contributed by atoms with E-state index >= 15 is 0 Å². The Hall–Kier alpha value is -3.65. The topological polar surface area (TPSA) is 75.0 Å². The Morgan fingerprint density at radius 3 is 2.30 bits per heavy atom. The van der Waals surface area contributed by atoms with E-state index < -0.39 is 0 Å². The smallest absolute Gasteiger partial charge is 0.291 e. The van der Waals surface area contributed by atoms with Crippen LogP contribution in [0, 0.1) is 0 Å². The molecule has 0 amide bonds. The number of aromatic nitrogens is 3. The molecule has 152 valence electrons. The van der Waals surface area contributed by atoms with Crippen LogP contribution in [0.15, 0.2) is 53.3 Å². The molecular formula is C22H19N3O4S. The van der Waals surface area contributed by atoms with Gasteiger partial charge in [-0.25, -0.2) is 0 Å². The van der Waals surface area contributed by atoms with Crippen LogP contribution in [0.3, 0.4) is 0 Å². The van der Waals surface area contributed by atoms with Crippen molar-refractivity contribution >= 4 is 28.4 Å². The fourth-order valence-corrected chi connectivity index (χ4v) is 3.85. The van der Waals surface area contributed by atoms with Crippen LogP contribution >= 0.6 is 11.3 Å². The van der Waals surface area contributed by atoms with Gasteiger partial charge in [-0.2, -0.15) is 9.50 Å². The normalized spacial score (nSPS) is 12.0. The molecule has 0 bridgehead atoms. The van der Waals surface area contributed by atoms with Crippen LogP contribution in [-0.4, -0.2) is 35.9 Å². The molecule has 4 aromatic rings. The summed E-state index contributed by atoms with van der Waals surface area (Å²) in [6.07, 6.45) is 5.56. The van der Waals surface area contributed by atoms with Gasteiger partial charge in [-0.1, -0.05) is 53.8 Å². The summed E-state index contributed by atoms with van der Waals surface area (Å²) in [4.78, 5) is 17.7. The molecule has 2 aromatic heterocycles. The minimum Gasteiger partial charge on any atom is -0.493 e. The molecule has 30 heavy (non-hydrogen) atoms. The van der Waals surface area contributed by atoms with E-state index in [9.17, 15) is 4.79 Å². The zero-order valence-electron chi connectivity index (χ0n) is 16.7. The van der Waals surface area contributed by atoms with Crippen molar-refractivity contribution in [3.63, 3.8) is 0 Å². The predicted molar refractivity (Wildman–Crippen MR) is 117 cm³/mol. The Bertz CT molecular complexity index is 1300. The molecule has 0 aliphatic heterocycles. The molecule has 0 aliphatic rings. The van der Waals surface area contributed by atoms with Crippen LogP contribution in [0.5, 0.6) is 17.2 Å². The molecular weight excluding hydrogens is 402 g/mol. The average molecular weight is 421 g/mol. The SMILES string of the molecule is COc1cc(-c2nc3sc(=CC=Cc4ccccc4)c(=O)n3n2)cc(OC)c1OC. The lowest BCUT2D eigenvalue weighted by Gasteiger charge is -2.12. The summed E-state index contributed by atoms with van der Waals surface area (Å²) >= 11 is 1.28. The van der Waals surface area contributed by atoms with Crippen molar-refractivity contribution in [1.82, 2.24) is 14.6 Å². The molecule has 0 atom stereocenters. The molecule has 0 aliphatic carbocycles. The second kappa shape index (κ2) is 8.38. The van der Waals surface area contributed by atoms with Crippen molar-refractivity contribution in [3.05, 3.63) is 69.0 Å². The number of hydrogen-bond donors (Lipinski definition) is 0. The molecule has 2 aromatic carbocycles. The molecule has 2 heterocycles. The molecule has 0 fully saturated rings. The summed E-state index contributed by atoms with van der Waals surface area (Å²) in [6, 6.07) is 13.4. The number of fused-ring (bicyclic) bond motifs is 1. The lowest BCUT2D eigenvalue weighted by Crippen LogP contribution is -2.23. The minimum absolute atomic E-state index is 0.209. The third-order valence-electron chi connectivity index (χ3n) is 4.44. The van der Waals surface area contributed by atoms with Crippen LogP contribution < -0.4 is 24.3 Å². The minimum atomic E-state index is -0.209.